The minimum absolute atomic E-state index is 0.375. The molecule has 0 spiro atoms. The summed E-state index contributed by atoms with van der Waals surface area (Å²) in [5.74, 6) is 0.375. The van der Waals surface area contributed by atoms with Gasteiger partial charge in [0.25, 0.3) is 0 Å². The van der Waals surface area contributed by atoms with Crippen molar-refractivity contribution in [2.75, 3.05) is 5.75 Å². The van der Waals surface area contributed by atoms with Gasteiger partial charge in [0.1, 0.15) is 0 Å². The summed E-state index contributed by atoms with van der Waals surface area (Å²) in [7, 11) is -2.68. The third-order valence-corrected chi connectivity index (χ3v) is 4.74. The summed E-state index contributed by atoms with van der Waals surface area (Å²) in [6.45, 7) is 1.99. The Kier molecular flexibility index (Phi) is 3.82. The highest BCUT2D eigenvalue weighted by atomic mass is 32.2. The van der Waals surface area contributed by atoms with E-state index >= 15 is 0 Å². The zero-order valence-corrected chi connectivity index (χ0v) is 11.2. The molecule has 0 aliphatic carbocycles. The molecule has 3 heteroatoms. The third kappa shape index (κ3) is 3.20. The fourth-order valence-electron chi connectivity index (χ4n) is 1.78. The molecule has 1 N–H and O–H groups in total. The van der Waals surface area contributed by atoms with Crippen LogP contribution in [0.5, 0.6) is 0 Å². The van der Waals surface area contributed by atoms with Crippen molar-refractivity contribution in [1.82, 2.24) is 0 Å². The van der Waals surface area contributed by atoms with Crippen molar-refractivity contribution in [3.63, 3.8) is 0 Å². The average molecular weight is 259 g/mol. The van der Waals surface area contributed by atoms with Gasteiger partial charge in [-0.3, -0.25) is 0 Å². The van der Waals surface area contributed by atoms with E-state index in [1.807, 2.05) is 49.4 Å². The summed E-state index contributed by atoms with van der Waals surface area (Å²) < 4.78 is 20.4. The Balaban J connectivity index is 2.11. The van der Waals surface area contributed by atoms with Gasteiger partial charge < -0.3 is 0 Å². The Morgan fingerprint density at radius 1 is 1.00 bits per heavy atom. The molecular formula is C15H17NOS. The molecule has 18 heavy (non-hydrogen) atoms. The maximum atomic E-state index is 12.3. The van der Waals surface area contributed by atoms with Crippen molar-refractivity contribution in [3.8, 4) is 0 Å². The van der Waals surface area contributed by atoms with E-state index in [0.717, 1.165) is 11.1 Å². The van der Waals surface area contributed by atoms with Crippen LogP contribution >= 0.6 is 0 Å². The van der Waals surface area contributed by atoms with Crippen molar-refractivity contribution < 1.29 is 4.21 Å². The Morgan fingerprint density at radius 3 is 2.22 bits per heavy atom. The fourth-order valence-corrected chi connectivity index (χ4v) is 3.12. The number of rotatable bonds is 4. The van der Waals surface area contributed by atoms with Gasteiger partial charge in [0.15, 0.2) is 0 Å². The van der Waals surface area contributed by atoms with Gasteiger partial charge in [0.2, 0.25) is 0 Å². The summed E-state index contributed by atoms with van der Waals surface area (Å²) in [5, 5.41) is 0. The molecule has 0 fully saturated rings. The van der Waals surface area contributed by atoms with Crippen LogP contribution in [0.3, 0.4) is 0 Å². The van der Waals surface area contributed by atoms with Crippen LogP contribution in [0.1, 0.15) is 11.1 Å². The molecule has 0 heterocycles. The quantitative estimate of drug-likeness (QED) is 0.894. The van der Waals surface area contributed by atoms with Gasteiger partial charge in [0, 0.05) is 10.6 Å². The predicted octanol–water partition coefficient (Wildman–Crippen LogP) is 3.64. The molecule has 2 aromatic carbocycles. The molecule has 2 nitrogen and oxygen atoms in total. The molecule has 0 amide bonds. The van der Waals surface area contributed by atoms with Crippen LogP contribution in [0.15, 0.2) is 59.5 Å². The molecule has 1 unspecified atom stereocenters. The van der Waals surface area contributed by atoms with Crippen LogP contribution in [0.2, 0.25) is 0 Å². The number of aryl methyl sites for hydroxylation is 2. The second-order valence-corrected chi connectivity index (χ2v) is 6.66. The molecule has 0 aliphatic heterocycles. The van der Waals surface area contributed by atoms with E-state index in [1.54, 1.807) is 12.1 Å². The maximum Gasteiger partial charge on any atom is 0.0729 e. The normalized spacial score (nSPS) is 14.1. The molecule has 0 radical (unpaired) electrons. The average Bonchev–Trinajstić information content (AvgIpc) is 2.38. The molecule has 2 rings (SSSR count). The highest BCUT2D eigenvalue weighted by Gasteiger charge is 2.09. The molecule has 0 saturated heterocycles. The van der Waals surface area contributed by atoms with Crippen LogP contribution in [0.25, 0.3) is 0 Å². The maximum absolute atomic E-state index is 12.3. The van der Waals surface area contributed by atoms with E-state index in [2.05, 4.69) is 0 Å². The molecule has 0 saturated carbocycles. The van der Waals surface area contributed by atoms with E-state index in [9.17, 15) is 4.21 Å². The molecule has 0 aromatic heterocycles. The van der Waals surface area contributed by atoms with Crippen LogP contribution in [-0.4, -0.2) is 9.96 Å². The fraction of sp³-hybridized carbons (Fsp3) is 0.200. The standard InChI is InChI=1S/C15H17NOS/c1-13-7-9-15(10-8-13)18(16,17)12-11-14-5-3-2-4-6-14/h2-10,16H,11-12H2,1H3. The number of benzene rings is 2. The Labute approximate surface area is 109 Å². The number of hydrogen-bond acceptors (Lipinski definition) is 2. The van der Waals surface area contributed by atoms with Gasteiger partial charge in [-0.2, -0.15) is 0 Å². The second-order valence-electron chi connectivity index (χ2n) is 4.43. The van der Waals surface area contributed by atoms with Crippen LogP contribution in [0, 0.1) is 11.7 Å². The Bertz CT molecular complexity index is 601. The smallest absolute Gasteiger partial charge is 0.0729 e. The molecule has 0 aliphatic rings. The lowest BCUT2D eigenvalue weighted by Crippen LogP contribution is -2.07. The van der Waals surface area contributed by atoms with E-state index in [1.165, 1.54) is 0 Å². The first kappa shape index (κ1) is 12.8. The first-order chi connectivity index (χ1) is 8.58. The number of nitrogens with one attached hydrogen (secondary N) is 1. The van der Waals surface area contributed by atoms with E-state index in [-0.39, 0.29) is 0 Å². The summed E-state index contributed by atoms with van der Waals surface area (Å²) in [5.41, 5.74) is 2.25. The minimum Gasteiger partial charge on any atom is -0.249 e. The predicted molar refractivity (Wildman–Crippen MR) is 75.3 cm³/mol. The zero-order valence-electron chi connectivity index (χ0n) is 10.4. The lowest BCUT2D eigenvalue weighted by molar-refractivity contribution is 0.674. The van der Waals surface area contributed by atoms with Gasteiger partial charge in [0.05, 0.1) is 9.73 Å². The van der Waals surface area contributed by atoms with Crippen molar-refractivity contribution in [1.29, 1.82) is 4.78 Å². The highest BCUT2D eigenvalue weighted by Crippen LogP contribution is 2.14. The van der Waals surface area contributed by atoms with Crippen molar-refractivity contribution in [2.24, 2.45) is 0 Å². The van der Waals surface area contributed by atoms with Gasteiger partial charge in [-0.1, -0.05) is 48.0 Å². The molecule has 0 bridgehead atoms. The lowest BCUT2D eigenvalue weighted by Gasteiger charge is -2.08. The summed E-state index contributed by atoms with van der Waals surface area (Å²) >= 11 is 0. The highest BCUT2D eigenvalue weighted by molar-refractivity contribution is 7.92. The second kappa shape index (κ2) is 5.36. The van der Waals surface area contributed by atoms with Crippen molar-refractivity contribution >= 4 is 9.73 Å². The third-order valence-electron chi connectivity index (χ3n) is 2.92. The van der Waals surface area contributed by atoms with Crippen LogP contribution in [-0.2, 0) is 16.1 Å². The molecule has 94 valence electrons. The van der Waals surface area contributed by atoms with Gasteiger partial charge >= 0.3 is 0 Å². The molecule has 1 atom stereocenters. The molecule has 2 aromatic rings. The summed E-state index contributed by atoms with van der Waals surface area (Å²) in [6.07, 6.45) is 0.678. The zero-order chi connectivity index (χ0) is 13.0. The van der Waals surface area contributed by atoms with Gasteiger partial charge in [-0.15, -0.1) is 0 Å². The monoisotopic (exact) mass is 259 g/mol. The van der Waals surface area contributed by atoms with Crippen LogP contribution < -0.4 is 0 Å². The first-order valence-electron chi connectivity index (χ1n) is 5.95. The number of hydrogen-bond donors (Lipinski definition) is 1. The van der Waals surface area contributed by atoms with E-state index in [0.29, 0.717) is 17.1 Å². The Hall–Kier alpha value is -1.61. The minimum atomic E-state index is -2.68. The Morgan fingerprint density at radius 2 is 1.61 bits per heavy atom. The van der Waals surface area contributed by atoms with Crippen molar-refractivity contribution in [3.05, 3.63) is 65.7 Å². The van der Waals surface area contributed by atoms with Gasteiger partial charge in [-0.05, 0) is 31.0 Å². The molecular weight excluding hydrogens is 242 g/mol. The van der Waals surface area contributed by atoms with Crippen molar-refractivity contribution in [2.45, 2.75) is 18.2 Å². The van der Waals surface area contributed by atoms with E-state index < -0.39 is 9.73 Å². The summed E-state index contributed by atoms with van der Waals surface area (Å²) in [4.78, 5) is 0.629. The SMILES string of the molecule is Cc1ccc(S(=N)(=O)CCc2ccccc2)cc1. The van der Waals surface area contributed by atoms with E-state index in [4.69, 9.17) is 4.78 Å². The summed E-state index contributed by atoms with van der Waals surface area (Å²) in [6, 6.07) is 17.3. The largest absolute Gasteiger partial charge is 0.249 e. The van der Waals surface area contributed by atoms with Gasteiger partial charge in [-0.25, -0.2) is 8.99 Å². The lowest BCUT2D eigenvalue weighted by atomic mass is 10.2. The topological polar surface area (TPSA) is 40.9 Å². The van der Waals surface area contributed by atoms with Crippen LogP contribution in [0.4, 0.5) is 0 Å². The first-order valence-corrected chi connectivity index (χ1v) is 7.68.